The summed E-state index contributed by atoms with van der Waals surface area (Å²) in [6, 6.07) is 0. The first-order valence-electron chi connectivity index (χ1n) is 4.58. The van der Waals surface area contributed by atoms with Crippen LogP contribution in [0.25, 0.3) is 0 Å². The minimum atomic E-state index is -0.437. The van der Waals surface area contributed by atoms with Gasteiger partial charge in [-0.3, -0.25) is 0 Å². The number of carbonyl (C=O) groups excluding carboxylic acids is 1. The highest BCUT2D eigenvalue weighted by Crippen LogP contribution is 2.26. The number of methoxy groups -OCH3 is 1. The average molecular weight is 170 g/mol. The van der Waals surface area contributed by atoms with Gasteiger partial charge in [0.25, 0.3) is 0 Å². The Hall–Kier alpha value is -0.730. The molecule has 1 aliphatic rings. The fourth-order valence-electron chi connectivity index (χ4n) is 1.70. The first kappa shape index (κ1) is 9.36. The molecule has 0 unspecified atom stereocenters. The monoisotopic (exact) mass is 170 g/mol. The number of amides is 1. The Labute approximate surface area is 73.5 Å². The van der Waals surface area contributed by atoms with E-state index in [0.29, 0.717) is 6.54 Å². The zero-order valence-electron chi connectivity index (χ0n) is 7.58. The van der Waals surface area contributed by atoms with E-state index in [2.05, 4.69) is 10.1 Å². The van der Waals surface area contributed by atoms with Crippen molar-refractivity contribution in [2.24, 2.45) is 5.92 Å². The fraction of sp³-hybridized carbons (Fsp3) is 0.889. The second-order valence-corrected chi connectivity index (χ2v) is 3.29. The number of nitrogens with zero attached hydrogens (tertiary/aromatic N) is 1. The van der Waals surface area contributed by atoms with Crippen molar-refractivity contribution < 1.29 is 9.53 Å². The van der Waals surface area contributed by atoms with Crippen LogP contribution in [0.15, 0.2) is 0 Å². The van der Waals surface area contributed by atoms with Crippen LogP contribution >= 0.6 is 0 Å². The maximum absolute atomic E-state index is 10.6. The zero-order chi connectivity index (χ0) is 8.81. The number of hydrogen-bond acceptors (Lipinski definition) is 2. The molecule has 0 N–H and O–H groups in total. The summed E-state index contributed by atoms with van der Waals surface area (Å²) in [6.45, 7) is 0.636. The largest absolute Gasteiger partial charge is 0.452 e. The molecular weight excluding hydrogens is 154 g/mol. The van der Waals surface area contributed by atoms with Gasteiger partial charge in [-0.25, -0.2) is 10.1 Å². The van der Waals surface area contributed by atoms with Crippen LogP contribution in [-0.2, 0) is 4.74 Å². The predicted molar refractivity (Wildman–Crippen MR) is 46.0 cm³/mol. The van der Waals surface area contributed by atoms with Gasteiger partial charge in [-0.2, -0.15) is 0 Å². The molecule has 1 fully saturated rings. The Morgan fingerprint density at radius 3 is 2.75 bits per heavy atom. The van der Waals surface area contributed by atoms with Gasteiger partial charge in [0, 0.05) is 6.54 Å². The van der Waals surface area contributed by atoms with E-state index in [1.807, 2.05) is 0 Å². The quantitative estimate of drug-likeness (QED) is 0.649. The molecule has 0 aliphatic heterocycles. The zero-order valence-corrected chi connectivity index (χ0v) is 7.58. The summed E-state index contributed by atoms with van der Waals surface area (Å²) in [5.74, 6) is 0.804. The van der Waals surface area contributed by atoms with E-state index >= 15 is 0 Å². The van der Waals surface area contributed by atoms with E-state index < -0.39 is 6.09 Å². The van der Waals surface area contributed by atoms with Gasteiger partial charge in [0.1, 0.15) is 0 Å². The molecule has 69 valence electrons. The third kappa shape index (κ3) is 3.11. The van der Waals surface area contributed by atoms with Crippen LogP contribution in [0.5, 0.6) is 0 Å². The summed E-state index contributed by atoms with van der Waals surface area (Å²) in [5.41, 5.74) is 0. The molecule has 0 aromatic carbocycles. The maximum atomic E-state index is 10.6. The molecule has 0 spiro atoms. The molecule has 0 saturated heterocycles. The molecule has 1 amide bonds. The summed E-state index contributed by atoms with van der Waals surface area (Å²) in [6.07, 6.45) is 5.95. The third-order valence-corrected chi connectivity index (χ3v) is 2.43. The summed E-state index contributed by atoms with van der Waals surface area (Å²) in [5, 5.41) is 3.74. The molecule has 0 aromatic heterocycles. The lowest BCUT2D eigenvalue weighted by Gasteiger charge is -2.06. The minimum absolute atomic E-state index is 0.437. The van der Waals surface area contributed by atoms with Gasteiger partial charge < -0.3 is 4.74 Å². The molecular formula is C9H16NO2. The van der Waals surface area contributed by atoms with Crippen molar-refractivity contribution in [1.29, 1.82) is 0 Å². The molecule has 1 rings (SSSR count). The topological polar surface area (TPSA) is 40.4 Å². The standard InChI is InChI=1S/C9H16NO2/c1-12-9(11)10-7-6-8-4-2-3-5-8/h8H,2-7H2,1H3. The highest BCUT2D eigenvalue weighted by atomic mass is 16.5. The molecule has 1 radical (unpaired) electrons. The van der Waals surface area contributed by atoms with Crippen LogP contribution < -0.4 is 5.32 Å². The van der Waals surface area contributed by atoms with E-state index in [1.54, 1.807) is 0 Å². The number of hydrogen-bond donors (Lipinski definition) is 0. The predicted octanol–water partition coefficient (Wildman–Crippen LogP) is 1.94. The maximum Gasteiger partial charge on any atom is 0.428 e. The second kappa shape index (κ2) is 5.01. The Bertz CT molecular complexity index is 141. The van der Waals surface area contributed by atoms with Gasteiger partial charge >= 0.3 is 6.09 Å². The van der Waals surface area contributed by atoms with Crippen molar-refractivity contribution in [2.45, 2.75) is 32.1 Å². The second-order valence-electron chi connectivity index (χ2n) is 3.29. The lowest BCUT2D eigenvalue weighted by Crippen LogP contribution is -2.17. The molecule has 3 nitrogen and oxygen atoms in total. The van der Waals surface area contributed by atoms with Gasteiger partial charge in [0.15, 0.2) is 0 Å². The Kier molecular flexibility index (Phi) is 3.91. The number of rotatable bonds is 3. The summed E-state index contributed by atoms with van der Waals surface area (Å²) in [4.78, 5) is 10.6. The molecule has 12 heavy (non-hydrogen) atoms. The highest BCUT2D eigenvalue weighted by Gasteiger charge is 2.14. The van der Waals surface area contributed by atoms with E-state index in [4.69, 9.17) is 0 Å². The van der Waals surface area contributed by atoms with Crippen molar-refractivity contribution in [3.05, 3.63) is 0 Å². The average Bonchev–Trinajstić information content (AvgIpc) is 2.57. The lowest BCUT2D eigenvalue weighted by atomic mass is 10.0. The smallest absolute Gasteiger partial charge is 0.428 e. The Balaban J connectivity index is 1.97. The minimum Gasteiger partial charge on any atom is -0.452 e. The van der Waals surface area contributed by atoms with Crippen molar-refractivity contribution >= 4 is 6.09 Å². The van der Waals surface area contributed by atoms with Crippen LogP contribution in [0.1, 0.15) is 32.1 Å². The number of ether oxygens (including phenoxy) is 1. The van der Waals surface area contributed by atoms with Gasteiger partial charge in [0.2, 0.25) is 0 Å². The van der Waals surface area contributed by atoms with Gasteiger partial charge in [-0.05, 0) is 12.3 Å². The summed E-state index contributed by atoms with van der Waals surface area (Å²) in [7, 11) is 1.36. The van der Waals surface area contributed by atoms with Crippen LogP contribution in [0.2, 0.25) is 0 Å². The van der Waals surface area contributed by atoms with Crippen LogP contribution in [0, 0.1) is 5.92 Å². The first-order valence-corrected chi connectivity index (χ1v) is 4.58. The van der Waals surface area contributed by atoms with Gasteiger partial charge in [-0.1, -0.05) is 25.7 Å². The molecule has 0 bridgehead atoms. The number of carbonyl (C=O) groups is 1. The molecule has 0 heterocycles. The van der Waals surface area contributed by atoms with Gasteiger partial charge in [-0.15, -0.1) is 0 Å². The van der Waals surface area contributed by atoms with E-state index in [-0.39, 0.29) is 0 Å². The Morgan fingerprint density at radius 2 is 2.17 bits per heavy atom. The normalized spacial score (nSPS) is 17.8. The van der Waals surface area contributed by atoms with Crippen LogP contribution in [-0.4, -0.2) is 19.7 Å². The SMILES string of the molecule is COC(=O)[N]CCC1CCCC1. The Morgan fingerprint density at radius 1 is 1.50 bits per heavy atom. The molecule has 0 aromatic rings. The molecule has 3 heteroatoms. The summed E-state index contributed by atoms with van der Waals surface area (Å²) < 4.78 is 4.41. The van der Waals surface area contributed by atoms with Crippen molar-refractivity contribution in [1.82, 2.24) is 5.32 Å². The van der Waals surface area contributed by atoms with Crippen molar-refractivity contribution in [2.75, 3.05) is 13.7 Å². The van der Waals surface area contributed by atoms with Crippen molar-refractivity contribution in [3.8, 4) is 0 Å². The van der Waals surface area contributed by atoms with Crippen LogP contribution in [0.3, 0.4) is 0 Å². The lowest BCUT2D eigenvalue weighted by molar-refractivity contribution is 0.169. The molecule has 1 saturated carbocycles. The molecule has 0 atom stereocenters. The fourth-order valence-corrected chi connectivity index (χ4v) is 1.70. The highest BCUT2D eigenvalue weighted by molar-refractivity contribution is 5.66. The van der Waals surface area contributed by atoms with Crippen LogP contribution in [0.4, 0.5) is 4.79 Å². The third-order valence-electron chi connectivity index (χ3n) is 2.43. The van der Waals surface area contributed by atoms with Crippen molar-refractivity contribution in [3.63, 3.8) is 0 Å². The van der Waals surface area contributed by atoms with Gasteiger partial charge in [0.05, 0.1) is 7.11 Å². The van der Waals surface area contributed by atoms with E-state index in [9.17, 15) is 4.79 Å². The van der Waals surface area contributed by atoms with E-state index in [0.717, 1.165) is 12.3 Å². The first-order chi connectivity index (χ1) is 5.83. The van der Waals surface area contributed by atoms with E-state index in [1.165, 1.54) is 32.8 Å². The molecule has 1 aliphatic carbocycles. The summed E-state index contributed by atoms with van der Waals surface area (Å²) >= 11 is 0.